The maximum atomic E-state index is 13.0. The summed E-state index contributed by atoms with van der Waals surface area (Å²) in [6.07, 6.45) is -0.427. The van der Waals surface area contributed by atoms with Crippen LogP contribution in [-0.2, 0) is 51.5 Å². The van der Waals surface area contributed by atoms with E-state index in [4.69, 9.17) is 27.8 Å². The molecule has 0 rings (SSSR count). The fourth-order valence-corrected chi connectivity index (χ4v) is 3.55. The molecule has 0 spiro atoms. The molecule has 0 aliphatic heterocycles. The molecule has 0 radical (unpaired) electrons. The lowest BCUT2D eigenvalue weighted by Gasteiger charge is -2.23. The van der Waals surface area contributed by atoms with Crippen molar-refractivity contribution < 1.29 is 56.3 Å². The minimum absolute atomic E-state index is 0.102. The van der Waals surface area contributed by atoms with Gasteiger partial charge in [-0.15, -0.1) is 6.58 Å². The molecule has 16 heteroatoms. The first-order chi connectivity index (χ1) is 17.6. The first-order valence-corrected chi connectivity index (χ1v) is 13.0. The molecule has 38 heavy (non-hydrogen) atoms. The van der Waals surface area contributed by atoms with Crippen molar-refractivity contribution in [2.45, 2.75) is 59.3 Å². The number of nitrogens with one attached hydrogen (secondary N) is 3. The summed E-state index contributed by atoms with van der Waals surface area (Å²) in [7, 11) is -4.27. The van der Waals surface area contributed by atoms with E-state index in [1.54, 1.807) is 20.8 Å². The molecular formula is C22H38N3O12P. The van der Waals surface area contributed by atoms with Crippen LogP contribution < -0.4 is 16.0 Å². The van der Waals surface area contributed by atoms with Crippen molar-refractivity contribution in [2.75, 3.05) is 39.5 Å². The van der Waals surface area contributed by atoms with Gasteiger partial charge in [-0.1, -0.05) is 6.08 Å². The predicted octanol–water partition coefficient (Wildman–Crippen LogP) is 0.971. The van der Waals surface area contributed by atoms with Crippen LogP contribution in [-0.4, -0.2) is 87.1 Å². The van der Waals surface area contributed by atoms with Gasteiger partial charge in [-0.2, -0.15) is 0 Å². The Balaban J connectivity index is 5.15. The number of alkyl carbamates (subject to hydrolysis) is 1. The molecule has 15 nitrogen and oxygen atoms in total. The van der Waals surface area contributed by atoms with Crippen molar-refractivity contribution in [3.8, 4) is 0 Å². The van der Waals surface area contributed by atoms with Crippen LogP contribution in [0.2, 0.25) is 0 Å². The van der Waals surface area contributed by atoms with Crippen LogP contribution in [0, 0.1) is 0 Å². The second kappa shape index (κ2) is 17.5. The maximum Gasteiger partial charge on any atom is 0.475 e. The van der Waals surface area contributed by atoms with Gasteiger partial charge in [0.1, 0.15) is 18.2 Å². The van der Waals surface area contributed by atoms with Crippen LogP contribution in [0.15, 0.2) is 12.7 Å². The minimum Gasteiger partial charge on any atom is -0.462 e. The van der Waals surface area contributed by atoms with Crippen LogP contribution in [0.3, 0.4) is 0 Å². The van der Waals surface area contributed by atoms with Gasteiger partial charge in [0.25, 0.3) is 0 Å². The van der Waals surface area contributed by atoms with Crippen molar-refractivity contribution in [1.29, 1.82) is 0 Å². The third-order valence-electron chi connectivity index (χ3n) is 3.77. The molecular weight excluding hydrogens is 529 g/mol. The molecule has 0 fully saturated rings. The average Bonchev–Trinajstić information content (AvgIpc) is 2.78. The third kappa shape index (κ3) is 18.3. The van der Waals surface area contributed by atoms with Gasteiger partial charge in [0.15, 0.2) is 6.10 Å². The van der Waals surface area contributed by atoms with E-state index in [0.29, 0.717) is 0 Å². The average molecular weight is 568 g/mol. The zero-order chi connectivity index (χ0) is 29.4. The zero-order valence-electron chi connectivity index (χ0n) is 22.5. The number of phosphoric ester groups is 1. The highest BCUT2D eigenvalue weighted by molar-refractivity contribution is 7.48. The van der Waals surface area contributed by atoms with Crippen molar-refractivity contribution in [3.63, 3.8) is 0 Å². The zero-order valence-corrected chi connectivity index (χ0v) is 23.4. The molecule has 3 atom stereocenters. The fraction of sp³-hybridized carbons (Fsp3) is 0.682. The van der Waals surface area contributed by atoms with Gasteiger partial charge in [0, 0.05) is 27.3 Å². The first kappa shape index (κ1) is 35.0. The Morgan fingerprint density at radius 3 is 2.13 bits per heavy atom. The molecule has 0 aromatic rings. The molecule has 3 amide bonds. The van der Waals surface area contributed by atoms with Gasteiger partial charge in [0.05, 0.1) is 26.4 Å². The van der Waals surface area contributed by atoms with Gasteiger partial charge in [-0.05, 0) is 20.8 Å². The Labute approximate surface area is 221 Å². The summed E-state index contributed by atoms with van der Waals surface area (Å²) in [4.78, 5) is 58.3. The Kier molecular flexibility index (Phi) is 16.1. The van der Waals surface area contributed by atoms with E-state index in [0.717, 1.165) is 20.8 Å². The highest BCUT2D eigenvalue weighted by Crippen LogP contribution is 2.49. The van der Waals surface area contributed by atoms with Crippen LogP contribution >= 0.6 is 7.82 Å². The molecule has 0 aromatic heterocycles. The maximum absolute atomic E-state index is 13.0. The molecule has 1 unspecified atom stereocenters. The third-order valence-corrected chi connectivity index (χ3v) is 5.20. The van der Waals surface area contributed by atoms with E-state index in [1.165, 1.54) is 6.08 Å². The molecule has 0 aliphatic carbocycles. The second-order valence-electron chi connectivity index (χ2n) is 8.62. The van der Waals surface area contributed by atoms with Gasteiger partial charge < -0.3 is 30.2 Å². The Morgan fingerprint density at radius 1 is 0.947 bits per heavy atom. The molecule has 3 N–H and O–H groups in total. The quantitative estimate of drug-likeness (QED) is 0.0742. The SMILES string of the molecule is C=CCOP(=O)(OCCNC(=O)OC(C)(C)C)OC[C@@H](NC(C)=O)C(=O)NC[C@@H](COC(C)=O)OC(C)=O. The van der Waals surface area contributed by atoms with E-state index >= 15 is 0 Å². The van der Waals surface area contributed by atoms with Gasteiger partial charge in [-0.3, -0.25) is 32.7 Å². The monoisotopic (exact) mass is 567 g/mol. The molecule has 0 aliphatic rings. The molecule has 0 bridgehead atoms. The summed E-state index contributed by atoms with van der Waals surface area (Å²) in [5.41, 5.74) is -0.714. The number of carbonyl (C=O) groups excluding carboxylic acids is 5. The number of amides is 3. The fourth-order valence-electron chi connectivity index (χ4n) is 2.39. The van der Waals surface area contributed by atoms with Crippen LogP contribution in [0.25, 0.3) is 0 Å². The summed E-state index contributed by atoms with van der Waals surface area (Å²) >= 11 is 0. The van der Waals surface area contributed by atoms with E-state index in [1.807, 2.05) is 0 Å². The molecule has 0 heterocycles. The lowest BCUT2D eigenvalue weighted by atomic mass is 10.2. The highest BCUT2D eigenvalue weighted by atomic mass is 31.2. The van der Waals surface area contributed by atoms with Crippen LogP contribution in [0.1, 0.15) is 41.5 Å². The number of rotatable bonds is 17. The summed E-state index contributed by atoms with van der Waals surface area (Å²) in [6, 6.07) is -1.36. The minimum atomic E-state index is -4.27. The Bertz CT molecular complexity index is 874. The lowest BCUT2D eigenvalue weighted by Crippen LogP contribution is -2.50. The number of hydrogen-bond acceptors (Lipinski definition) is 12. The van der Waals surface area contributed by atoms with Gasteiger partial charge >= 0.3 is 25.9 Å². The van der Waals surface area contributed by atoms with Crippen molar-refractivity contribution in [2.24, 2.45) is 0 Å². The summed E-state index contributed by atoms with van der Waals surface area (Å²) < 4.78 is 43.4. The first-order valence-electron chi connectivity index (χ1n) is 11.5. The van der Waals surface area contributed by atoms with Crippen LogP contribution in [0.5, 0.6) is 0 Å². The second-order valence-corrected chi connectivity index (χ2v) is 10.3. The molecule has 0 saturated heterocycles. The van der Waals surface area contributed by atoms with E-state index < -0.39 is 62.0 Å². The summed E-state index contributed by atoms with van der Waals surface area (Å²) in [5.74, 6) is -2.68. The van der Waals surface area contributed by atoms with E-state index in [2.05, 4.69) is 22.5 Å². The number of hydrogen-bond donors (Lipinski definition) is 3. The number of phosphoric acid groups is 1. The van der Waals surface area contributed by atoms with E-state index in [-0.39, 0.29) is 32.9 Å². The van der Waals surface area contributed by atoms with Crippen molar-refractivity contribution >= 4 is 37.7 Å². The molecule has 0 aromatic carbocycles. The number of carbonyl (C=O) groups is 5. The lowest BCUT2D eigenvalue weighted by molar-refractivity contribution is -0.156. The van der Waals surface area contributed by atoms with Crippen molar-refractivity contribution in [1.82, 2.24) is 16.0 Å². The van der Waals surface area contributed by atoms with Gasteiger partial charge in [0.2, 0.25) is 11.8 Å². The Morgan fingerprint density at radius 2 is 1.61 bits per heavy atom. The largest absolute Gasteiger partial charge is 0.475 e. The standard InChI is InChI=1S/C22H38N3O12P/c1-8-10-33-38(31,34-11-9-23-21(30)37-22(5,6)7)35-14-19(25-15(2)26)20(29)24-12-18(36-17(4)28)13-32-16(3)27/h8,18-19H,1,9-14H2,2-7H3,(H,23,30)(H,24,29)(H,25,26)/t18-,19+,38?/m0/s1. The summed E-state index contributed by atoms with van der Waals surface area (Å²) in [5, 5.41) is 7.17. The van der Waals surface area contributed by atoms with Crippen LogP contribution in [0.4, 0.5) is 4.79 Å². The number of ether oxygens (including phenoxy) is 3. The van der Waals surface area contributed by atoms with Gasteiger partial charge in [-0.25, -0.2) is 9.36 Å². The number of esters is 2. The Hall–Kier alpha value is -3.00. The van der Waals surface area contributed by atoms with E-state index in [9.17, 15) is 28.5 Å². The topological polar surface area (TPSA) is 194 Å². The predicted molar refractivity (Wildman–Crippen MR) is 133 cm³/mol. The smallest absolute Gasteiger partial charge is 0.462 e. The van der Waals surface area contributed by atoms with Crippen molar-refractivity contribution in [3.05, 3.63) is 12.7 Å². The molecule has 0 saturated carbocycles. The summed E-state index contributed by atoms with van der Waals surface area (Å²) in [6.45, 7) is 10.1. The normalized spacial score (nSPS) is 14.2. The molecule has 218 valence electrons. The highest BCUT2D eigenvalue weighted by Gasteiger charge is 2.31.